The molecule has 0 atom stereocenters. The molecule has 0 saturated carbocycles. The molecule has 0 aliphatic rings. The number of phenols is 1. The SMILES string of the molecule is CCCNS(=O)(=O)c1ccccc1-n1ccc2cnc(Nc3cc(O)ccc3C)nc21. The van der Waals surface area contributed by atoms with Gasteiger partial charge in [0.25, 0.3) is 0 Å². The minimum absolute atomic E-state index is 0.135. The Morgan fingerprint density at radius 3 is 2.74 bits per heavy atom. The minimum atomic E-state index is -3.67. The highest BCUT2D eigenvalue weighted by Gasteiger charge is 2.20. The van der Waals surface area contributed by atoms with E-state index in [0.717, 1.165) is 10.9 Å². The zero-order chi connectivity index (χ0) is 22.0. The molecule has 2 aromatic carbocycles. The van der Waals surface area contributed by atoms with Crippen LogP contribution in [0, 0.1) is 6.92 Å². The van der Waals surface area contributed by atoms with Crippen molar-refractivity contribution in [3.63, 3.8) is 0 Å². The molecule has 0 unspecified atom stereocenters. The van der Waals surface area contributed by atoms with Crippen LogP contribution in [-0.2, 0) is 10.0 Å². The fraction of sp³-hybridized carbons (Fsp3) is 0.182. The van der Waals surface area contributed by atoms with E-state index in [2.05, 4.69) is 20.0 Å². The number of hydrogen-bond donors (Lipinski definition) is 3. The first kappa shape index (κ1) is 20.8. The summed E-state index contributed by atoms with van der Waals surface area (Å²) in [5.74, 6) is 0.474. The van der Waals surface area contributed by atoms with Crippen molar-refractivity contribution in [2.75, 3.05) is 11.9 Å². The average Bonchev–Trinajstić information content (AvgIpc) is 3.18. The molecule has 0 radical (unpaired) electrons. The van der Waals surface area contributed by atoms with Crippen molar-refractivity contribution in [2.45, 2.75) is 25.2 Å². The Morgan fingerprint density at radius 1 is 1.13 bits per heavy atom. The fourth-order valence-corrected chi connectivity index (χ4v) is 4.56. The number of fused-ring (bicyclic) bond motifs is 1. The van der Waals surface area contributed by atoms with Crippen molar-refractivity contribution < 1.29 is 13.5 Å². The number of aryl methyl sites for hydroxylation is 1. The third kappa shape index (κ3) is 4.23. The molecule has 160 valence electrons. The van der Waals surface area contributed by atoms with Crippen LogP contribution in [0.15, 0.2) is 65.8 Å². The topological polar surface area (TPSA) is 109 Å². The lowest BCUT2D eigenvalue weighted by atomic mass is 10.2. The Kier molecular flexibility index (Phi) is 5.62. The summed E-state index contributed by atoms with van der Waals surface area (Å²) in [6.07, 6.45) is 4.15. The highest BCUT2D eigenvalue weighted by Crippen LogP contribution is 2.27. The standard InChI is InChI=1S/C22H23N5O3S/c1-3-11-24-31(29,30)20-7-5-4-6-19(20)27-12-10-16-14-23-22(26-21(16)27)25-18-13-17(28)9-8-15(18)2/h4-10,12-14,24,28H,3,11H2,1-2H3,(H,23,25,26). The van der Waals surface area contributed by atoms with Crippen molar-refractivity contribution in [2.24, 2.45) is 0 Å². The van der Waals surface area contributed by atoms with Gasteiger partial charge in [0.15, 0.2) is 0 Å². The summed E-state index contributed by atoms with van der Waals surface area (Å²) < 4.78 is 30.0. The van der Waals surface area contributed by atoms with E-state index in [9.17, 15) is 13.5 Å². The maximum absolute atomic E-state index is 12.8. The number of phenolic OH excluding ortho intramolecular Hbond substituents is 1. The number of rotatable bonds is 7. The Bertz CT molecular complexity index is 1350. The van der Waals surface area contributed by atoms with E-state index in [1.165, 1.54) is 0 Å². The van der Waals surface area contributed by atoms with Crippen LogP contribution in [0.4, 0.5) is 11.6 Å². The summed E-state index contributed by atoms with van der Waals surface area (Å²) in [5.41, 5.74) is 2.67. The molecule has 0 fully saturated rings. The van der Waals surface area contributed by atoms with Crippen molar-refractivity contribution in [3.05, 3.63) is 66.5 Å². The van der Waals surface area contributed by atoms with E-state index in [4.69, 9.17) is 0 Å². The molecule has 2 heterocycles. The summed E-state index contributed by atoms with van der Waals surface area (Å²) in [7, 11) is -3.67. The summed E-state index contributed by atoms with van der Waals surface area (Å²) in [4.78, 5) is 9.13. The van der Waals surface area contributed by atoms with Gasteiger partial charge in [-0.2, -0.15) is 4.98 Å². The highest BCUT2D eigenvalue weighted by atomic mass is 32.2. The number of benzene rings is 2. The monoisotopic (exact) mass is 437 g/mol. The number of para-hydroxylation sites is 1. The zero-order valence-corrected chi connectivity index (χ0v) is 18.0. The third-order valence-electron chi connectivity index (χ3n) is 4.85. The number of nitrogens with one attached hydrogen (secondary N) is 2. The molecule has 0 bridgehead atoms. The van der Waals surface area contributed by atoms with Crippen LogP contribution in [0.2, 0.25) is 0 Å². The van der Waals surface area contributed by atoms with Gasteiger partial charge in [-0.15, -0.1) is 0 Å². The van der Waals surface area contributed by atoms with E-state index in [1.807, 2.05) is 19.9 Å². The van der Waals surface area contributed by atoms with Crippen molar-refractivity contribution in [1.29, 1.82) is 0 Å². The number of nitrogens with zero attached hydrogens (tertiary/aromatic N) is 3. The van der Waals surface area contributed by atoms with Gasteiger partial charge in [-0.1, -0.05) is 25.1 Å². The average molecular weight is 438 g/mol. The molecule has 4 aromatic rings. The van der Waals surface area contributed by atoms with Gasteiger partial charge in [-0.25, -0.2) is 18.1 Å². The first-order chi connectivity index (χ1) is 14.9. The van der Waals surface area contributed by atoms with Crippen LogP contribution >= 0.6 is 0 Å². The second-order valence-electron chi connectivity index (χ2n) is 7.15. The lowest BCUT2D eigenvalue weighted by Gasteiger charge is -2.13. The van der Waals surface area contributed by atoms with Gasteiger partial charge in [-0.3, -0.25) is 4.57 Å². The third-order valence-corrected chi connectivity index (χ3v) is 6.36. The number of aromatic nitrogens is 3. The Morgan fingerprint density at radius 2 is 1.94 bits per heavy atom. The number of anilines is 2. The van der Waals surface area contributed by atoms with Gasteiger partial charge >= 0.3 is 0 Å². The molecule has 31 heavy (non-hydrogen) atoms. The lowest BCUT2D eigenvalue weighted by Crippen LogP contribution is -2.25. The Balaban J connectivity index is 1.78. The molecule has 0 saturated heterocycles. The second kappa shape index (κ2) is 8.37. The van der Waals surface area contributed by atoms with E-state index in [1.54, 1.807) is 59.4 Å². The largest absolute Gasteiger partial charge is 0.508 e. The first-order valence-electron chi connectivity index (χ1n) is 9.89. The number of sulfonamides is 1. The Labute approximate surface area is 180 Å². The molecule has 0 amide bonds. The predicted molar refractivity (Wildman–Crippen MR) is 120 cm³/mol. The quantitative estimate of drug-likeness (QED) is 0.405. The van der Waals surface area contributed by atoms with Crippen LogP contribution in [0.3, 0.4) is 0 Å². The van der Waals surface area contributed by atoms with E-state index in [0.29, 0.717) is 35.9 Å². The predicted octanol–water partition coefficient (Wildman–Crippen LogP) is 3.87. The van der Waals surface area contributed by atoms with Crippen LogP contribution in [0.25, 0.3) is 16.7 Å². The zero-order valence-electron chi connectivity index (χ0n) is 17.2. The highest BCUT2D eigenvalue weighted by molar-refractivity contribution is 7.89. The van der Waals surface area contributed by atoms with Gasteiger partial charge in [0.1, 0.15) is 16.3 Å². The molecular weight excluding hydrogens is 414 g/mol. The summed E-state index contributed by atoms with van der Waals surface area (Å²) in [5, 5.41) is 13.7. The van der Waals surface area contributed by atoms with E-state index in [-0.39, 0.29) is 10.6 Å². The molecule has 9 heteroatoms. The summed E-state index contributed by atoms with van der Waals surface area (Å²) >= 11 is 0. The van der Waals surface area contributed by atoms with Gasteiger partial charge in [0, 0.05) is 36.1 Å². The smallest absolute Gasteiger partial charge is 0.242 e. The molecular formula is C22H23N5O3S. The first-order valence-corrected chi connectivity index (χ1v) is 11.4. The van der Waals surface area contributed by atoms with E-state index >= 15 is 0 Å². The maximum atomic E-state index is 12.8. The Hall–Kier alpha value is -3.43. The molecule has 8 nitrogen and oxygen atoms in total. The van der Waals surface area contributed by atoms with Gasteiger partial charge in [0.05, 0.1) is 5.69 Å². The van der Waals surface area contributed by atoms with Crippen LogP contribution in [0.1, 0.15) is 18.9 Å². The van der Waals surface area contributed by atoms with Gasteiger partial charge in [-0.05, 0) is 43.2 Å². The minimum Gasteiger partial charge on any atom is -0.508 e. The maximum Gasteiger partial charge on any atom is 0.242 e. The second-order valence-corrected chi connectivity index (χ2v) is 8.88. The van der Waals surface area contributed by atoms with Gasteiger partial charge in [0.2, 0.25) is 16.0 Å². The number of aromatic hydroxyl groups is 1. The van der Waals surface area contributed by atoms with E-state index < -0.39 is 10.0 Å². The summed E-state index contributed by atoms with van der Waals surface area (Å²) in [6.45, 7) is 4.18. The lowest BCUT2D eigenvalue weighted by molar-refractivity contribution is 0.475. The van der Waals surface area contributed by atoms with Crippen LogP contribution in [0.5, 0.6) is 5.75 Å². The molecule has 0 aliphatic carbocycles. The fourth-order valence-electron chi connectivity index (χ4n) is 3.24. The summed E-state index contributed by atoms with van der Waals surface area (Å²) in [6, 6.07) is 13.6. The van der Waals surface area contributed by atoms with Crippen molar-refractivity contribution in [3.8, 4) is 11.4 Å². The number of hydrogen-bond acceptors (Lipinski definition) is 6. The van der Waals surface area contributed by atoms with Gasteiger partial charge < -0.3 is 10.4 Å². The van der Waals surface area contributed by atoms with Crippen LogP contribution in [-0.4, -0.2) is 34.6 Å². The molecule has 0 aliphatic heterocycles. The van der Waals surface area contributed by atoms with Crippen molar-refractivity contribution >= 4 is 32.7 Å². The molecule has 0 spiro atoms. The molecule has 4 rings (SSSR count). The molecule has 3 N–H and O–H groups in total. The molecule has 2 aromatic heterocycles. The van der Waals surface area contributed by atoms with Crippen LogP contribution < -0.4 is 10.0 Å². The van der Waals surface area contributed by atoms with Crippen molar-refractivity contribution in [1.82, 2.24) is 19.3 Å². The normalized spacial score (nSPS) is 11.7.